The third kappa shape index (κ3) is 5.70. The van der Waals surface area contributed by atoms with Crippen molar-refractivity contribution in [3.05, 3.63) is 41.4 Å². The van der Waals surface area contributed by atoms with E-state index in [0.29, 0.717) is 18.1 Å². The van der Waals surface area contributed by atoms with Crippen molar-refractivity contribution in [3.63, 3.8) is 0 Å². The van der Waals surface area contributed by atoms with Gasteiger partial charge in [0, 0.05) is 29.6 Å². The highest BCUT2D eigenvalue weighted by molar-refractivity contribution is 7.85. The van der Waals surface area contributed by atoms with Gasteiger partial charge in [-0.25, -0.2) is 0 Å². The number of pyridine rings is 1. The summed E-state index contributed by atoms with van der Waals surface area (Å²) in [5, 5.41) is 3.63. The van der Waals surface area contributed by atoms with Gasteiger partial charge in [-0.1, -0.05) is 6.07 Å². The van der Waals surface area contributed by atoms with E-state index in [1.807, 2.05) is 23.6 Å². The quantitative estimate of drug-likeness (QED) is 0.869. The van der Waals surface area contributed by atoms with Gasteiger partial charge in [-0.2, -0.15) is 8.42 Å². The van der Waals surface area contributed by atoms with Gasteiger partial charge in [-0.3, -0.25) is 9.54 Å². The topological polar surface area (TPSA) is 85.7 Å². The lowest BCUT2D eigenvalue weighted by atomic mass is 10.3. The lowest BCUT2D eigenvalue weighted by molar-refractivity contribution is 0.0900. The average Bonchev–Trinajstić information content (AvgIpc) is 2.94. The van der Waals surface area contributed by atoms with Gasteiger partial charge in [-0.15, -0.1) is 11.3 Å². The maximum atomic E-state index is 10.5. The van der Waals surface area contributed by atoms with E-state index < -0.39 is 10.1 Å². The van der Waals surface area contributed by atoms with E-state index >= 15 is 0 Å². The van der Waals surface area contributed by atoms with E-state index in [0.717, 1.165) is 0 Å². The number of aromatic nitrogens is 1. The van der Waals surface area contributed by atoms with Crippen LogP contribution in [0.2, 0.25) is 0 Å². The van der Waals surface area contributed by atoms with E-state index in [-0.39, 0.29) is 18.3 Å². The second-order valence-electron chi connectivity index (χ2n) is 4.25. The molecular weight excluding hydrogens is 314 g/mol. The van der Waals surface area contributed by atoms with Crippen LogP contribution in [0.15, 0.2) is 41.4 Å². The molecule has 1 N–H and O–H groups in total. The summed E-state index contributed by atoms with van der Waals surface area (Å²) in [5.74, 6) is 1.04. The van der Waals surface area contributed by atoms with Gasteiger partial charge in [-0.05, 0) is 12.1 Å². The first-order chi connectivity index (χ1) is 10.0. The van der Waals surface area contributed by atoms with Gasteiger partial charge in [0.25, 0.3) is 10.1 Å². The summed E-state index contributed by atoms with van der Waals surface area (Å²) >= 11 is 1.46. The summed E-state index contributed by atoms with van der Waals surface area (Å²) in [6, 6.07) is 5.72. The Morgan fingerprint density at radius 3 is 2.52 bits per heavy atom. The highest BCUT2D eigenvalue weighted by Crippen LogP contribution is 2.35. The highest BCUT2D eigenvalue weighted by atomic mass is 32.2. The van der Waals surface area contributed by atoms with Gasteiger partial charge in [0.05, 0.1) is 5.75 Å². The Balaban J connectivity index is 0.000000225. The van der Waals surface area contributed by atoms with Crippen molar-refractivity contribution < 1.29 is 22.4 Å². The molecule has 6 nitrogen and oxygen atoms in total. The molecule has 3 rings (SSSR count). The predicted molar refractivity (Wildman–Crippen MR) is 79.5 cm³/mol. The monoisotopic (exact) mass is 329 g/mol. The zero-order valence-corrected chi connectivity index (χ0v) is 12.7. The lowest BCUT2D eigenvalue weighted by Gasteiger charge is -2.23. The summed E-state index contributed by atoms with van der Waals surface area (Å²) in [5.41, 5.74) is 0. The molecule has 3 heterocycles. The number of hydrogen-bond donors (Lipinski definition) is 1. The van der Waals surface area contributed by atoms with Crippen molar-refractivity contribution in [1.29, 1.82) is 0 Å². The molecule has 2 aromatic heterocycles. The van der Waals surface area contributed by atoms with Crippen LogP contribution in [0.1, 0.15) is 6.42 Å². The van der Waals surface area contributed by atoms with Gasteiger partial charge in [0.1, 0.15) is 12.7 Å². The molecule has 0 fully saturated rings. The molecule has 0 saturated heterocycles. The molecule has 21 heavy (non-hydrogen) atoms. The fourth-order valence-corrected chi connectivity index (χ4v) is 2.83. The first-order valence-electron chi connectivity index (χ1n) is 6.20. The molecule has 114 valence electrons. The Morgan fingerprint density at radius 1 is 1.24 bits per heavy atom. The average molecular weight is 329 g/mol. The molecular formula is C13H15NO5S2. The Labute approximate surface area is 127 Å². The minimum Gasteiger partial charge on any atom is -0.485 e. The van der Waals surface area contributed by atoms with E-state index in [9.17, 15) is 8.42 Å². The van der Waals surface area contributed by atoms with Gasteiger partial charge in [0.2, 0.25) is 0 Å². The zero-order valence-electron chi connectivity index (χ0n) is 11.1. The Kier molecular flexibility index (Phi) is 5.54. The van der Waals surface area contributed by atoms with Crippen LogP contribution in [0, 0.1) is 0 Å². The number of rotatable bonds is 3. The summed E-state index contributed by atoms with van der Waals surface area (Å²) in [7, 11) is -3.92. The third-order valence-electron chi connectivity index (χ3n) is 2.58. The Bertz CT molecular complexity index is 615. The van der Waals surface area contributed by atoms with Gasteiger partial charge >= 0.3 is 0 Å². The molecule has 0 aliphatic carbocycles. The van der Waals surface area contributed by atoms with Gasteiger partial charge < -0.3 is 9.47 Å². The van der Waals surface area contributed by atoms with Crippen LogP contribution in [-0.2, 0) is 10.1 Å². The second kappa shape index (κ2) is 7.39. The predicted octanol–water partition coefficient (Wildman–Crippen LogP) is 2.25. The number of ether oxygens (including phenoxy) is 2. The van der Waals surface area contributed by atoms with Crippen molar-refractivity contribution >= 4 is 21.5 Å². The summed E-state index contributed by atoms with van der Waals surface area (Å²) < 4.78 is 40.5. The molecule has 0 saturated carbocycles. The minimum atomic E-state index is -3.92. The number of thiophene rings is 1. The van der Waals surface area contributed by atoms with E-state index in [1.54, 1.807) is 17.8 Å². The first kappa shape index (κ1) is 15.7. The molecule has 0 bridgehead atoms. The largest absolute Gasteiger partial charge is 0.485 e. The maximum Gasteiger partial charge on any atom is 0.264 e. The third-order valence-corrected chi connectivity index (χ3v) is 4.03. The second-order valence-corrected chi connectivity index (χ2v) is 6.57. The SMILES string of the molecule is O=S(=O)(O)CCC1COc2cscc2O1.c1ccncc1. The van der Waals surface area contributed by atoms with Crippen molar-refractivity contribution in [2.75, 3.05) is 12.4 Å². The molecule has 1 aliphatic heterocycles. The molecule has 1 atom stereocenters. The molecule has 8 heteroatoms. The van der Waals surface area contributed by atoms with Crippen molar-refractivity contribution in [2.24, 2.45) is 0 Å². The number of fused-ring (bicyclic) bond motifs is 1. The fraction of sp³-hybridized carbons (Fsp3) is 0.308. The van der Waals surface area contributed by atoms with Crippen LogP contribution in [0.4, 0.5) is 0 Å². The molecule has 0 radical (unpaired) electrons. The van der Waals surface area contributed by atoms with Crippen LogP contribution < -0.4 is 9.47 Å². The van der Waals surface area contributed by atoms with Crippen molar-refractivity contribution in [1.82, 2.24) is 4.98 Å². The van der Waals surface area contributed by atoms with E-state index in [1.165, 1.54) is 11.3 Å². The summed E-state index contributed by atoms with van der Waals surface area (Å²) in [4.78, 5) is 3.78. The normalized spacial score (nSPS) is 16.7. The number of nitrogens with zero attached hydrogens (tertiary/aromatic N) is 1. The Hall–Kier alpha value is -1.64. The first-order valence-corrected chi connectivity index (χ1v) is 8.75. The molecule has 0 spiro atoms. The van der Waals surface area contributed by atoms with E-state index in [2.05, 4.69) is 4.98 Å². The van der Waals surface area contributed by atoms with Crippen LogP contribution in [0.3, 0.4) is 0 Å². The Morgan fingerprint density at radius 2 is 1.95 bits per heavy atom. The van der Waals surface area contributed by atoms with Crippen LogP contribution in [0.5, 0.6) is 11.5 Å². The minimum absolute atomic E-state index is 0.230. The molecule has 1 unspecified atom stereocenters. The fourth-order valence-electron chi connectivity index (χ4n) is 1.60. The zero-order chi connectivity index (χ0) is 15.1. The smallest absolute Gasteiger partial charge is 0.264 e. The maximum absolute atomic E-state index is 10.5. The van der Waals surface area contributed by atoms with Crippen molar-refractivity contribution in [3.8, 4) is 11.5 Å². The summed E-state index contributed by atoms with van der Waals surface area (Å²) in [6.45, 7) is 0.319. The standard InChI is InChI=1S/C8H10O5S2.C5H5N/c9-15(10,11)2-1-6-3-12-7-4-14-5-8(7)13-6;1-2-4-6-5-3-1/h4-6H,1-3H2,(H,9,10,11);1-5H. The highest BCUT2D eigenvalue weighted by Gasteiger charge is 2.23. The molecule has 2 aromatic rings. The molecule has 0 aromatic carbocycles. The lowest BCUT2D eigenvalue weighted by Crippen LogP contribution is -2.30. The van der Waals surface area contributed by atoms with Crippen LogP contribution in [-0.4, -0.2) is 36.4 Å². The summed E-state index contributed by atoms with van der Waals surface area (Å²) in [6.07, 6.45) is 3.42. The van der Waals surface area contributed by atoms with Gasteiger partial charge in [0.15, 0.2) is 11.5 Å². The van der Waals surface area contributed by atoms with Crippen molar-refractivity contribution in [2.45, 2.75) is 12.5 Å². The van der Waals surface area contributed by atoms with Crippen LogP contribution >= 0.6 is 11.3 Å². The molecule has 0 amide bonds. The number of hydrogen-bond acceptors (Lipinski definition) is 6. The molecule has 1 aliphatic rings. The van der Waals surface area contributed by atoms with E-state index in [4.69, 9.17) is 14.0 Å². The van der Waals surface area contributed by atoms with Crippen LogP contribution in [0.25, 0.3) is 0 Å².